The maximum atomic E-state index is 12.8. The summed E-state index contributed by atoms with van der Waals surface area (Å²) in [7, 11) is 0. The quantitative estimate of drug-likeness (QED) is 0.432. The Labute approximate surface area is 157 Å². The van der Waals surface area contributed by atoms with Crippen molar-refractivity contribution in [2.45, 2.75) is 69.7 Å². The molecule has 4 N–H and O–H groups in total. The summed E-state index contributed by atoms with van der Waals surface area (Å²) in [6.07, 6.45) is 6.25. The molecule has 0 heterocycles. The third kappa shape index (κ3) is 6.08. The minimum Gasteiger partial charge on any atom is -0.394 e. The molecule has 0 spiro atoms. The van der Waals surface area contributed by atoms with E-state index in [9.17, 15) is 20.1 Å². The summed E-state index contributed by atoms with van der Waals surface area (Å²) in [6.45, 7) is 2.77. The number of amides is 1. The molecule has 0 atom stereocenters. The highest BCUT2D eigenvalue weighted by atomic mass is 16.3. The van der Waals surface area contributed by atoms with E-state index >= 15 is 0 Å². The SMILES string of the molecule is CCCCC(CCCC)(CC(=O)NC(CO)(CO)CO)c1ccccc1. The lowest BCUT2D eigenvalue weighted by Crippen LogP contribution is -2.57. The Kier molecular flexibility index (Phi) is 9.84. The molecule has 5 heteroatoms. The Hall–Kier alpha value is -1.43. The Morgan fingerprint density at radius 1 is 0.923 bits per heavy atom. The van der Waals surface area contributed by atoms with Crippen LogP contribution in [0.4, 0.5) is 0 Å². The summed E-state index contributed by atoms with van der Waals surface area (Å²) in [5.41, 5.74) is -0.502. The molecule has 0 unspecified atom stereocenters. The topological polar surface area (TPSA) is 89.8 Å². The van der Waals surface area contributed by atoms with Crippen molar-refractivity contribution >= 4 is 5.91 Å². The van der Waals surface area contributed by atoms with Crippen LogP contribution in [0.1, 0.15) is 64.4 Å². The molecule has 0 aromatic heterocycles. The van der Waals surface area contributed by atoms with Crippen molar-refractivity contribution in [1.82, 2.24) is 5.32 Å². The van der Waals surface area contributed by atoms with Gasteiger partial charge in [-0.25, -0.2) is 0 Å². The fourth-order valence-electron chi connectivity index (χ4n) is 3.43. The number of unbranched alkanes of at least 4 members (excludes halogenated alkanes) is 2. The number of rotatable bonds is 13. The predicted molar refractivity (Wildman–Crippen MR) is 104 cm³/mol. The second kappa shape index (κ2) is 11.3. The van der Waals surface area contributed by atoms with E-state index in [2.05, 4.69) is 31.3 Å². The van der Waals surface area contributed by atoms with Gasteiger partial charge in [0, 0.05) is 11.8 Å². The van der Waals surface area contributed by atoms with Crippen LogP contribution in [-0.4, -0.2) is 46.6 Å². The molecule has 0 fully saturated rings. The van der Waals surface area contributed by atoms with Gasteiger partial charge in [0.15, 0.2) is 0 Å². The van der Waals surface area contributed by atoms with Crippen LogP contribution in [-0.2, 0) is 10.2 Å². The molecule has 1 amide bonds. The van der Waals surface area contributed by atoms with E-state index < -0.39 is 25.4 Å². The Balaban J connectivity index is 3.11. The van der Waals surface area contributed by atoms with Crippen LogP contribution in [0.3, 0.4) is 0 Å². The number of hydrogen-bond acceptors (Lipinski definition) is 4. The molecule has 0 aliphatic rings. The van der Waals surface area contributed by atoms with Crippen LogP contribution in [0.15, 0.2) is 30.3 Å². The van der Waals surface area contributed by atoms with E-state index in [0.717, 1.165) is 44.1 Å². The minimum absolute atomic E-state index is 0.252. The van der Waals surface area contributed by atoms with E-state index in [0.29, 0.717) is 0 Å². The summed E-state index contributed by atoms with van der Waals surface area (Å²) in [6, 6.07) is 10.1. The van der Waals surface area contributed by atoms with Gasteiger partial charge in [0.2, 0.25) is 5.91 Å². The zero-order valence-electron chi connectivity index (χ0n) is 16.2. The first-order valence-electron chi connectivity index (χ1n) is 9.70. The maximum Gasteiger partial charge on any atom is 0.221 e. The molecule has 1 aromatic rings. The van der Waals surface area contributed by atoms with Crippen molar-refractivity contribution in [3.8, 4) is 0 Å². The molecule has 0 aliphatic carbocycles. The average molecular weight is 366 g/mol. The molecule has 26 heavy (non-hydrogen) atoms. The summed E-state index contributed by atoms with van der Waals surface area (Å²) >= 11 is 0. The summed E-state index contributed by atoms with van der Waals surface area (Å²) < 4.78 is 0. The summed E-state index contributed by atoms with van der Waals surface area (Å²) in [5.74, 6) is -0.252. The largest absolute Gasteiger partial charge is 0.394 e. The van der Waals surface area contributed by atoms with Crippen LogP contribution < -0.4 is 5.32 Å². The molecule has 148 valence electrons. The standard InChI is InChI=1S/C21H35NO4/c1-3-5-12-20(13-6-4-2,18-10-8-7-9-11-18)14-19(26)22-21(15-23,16-24)17-25/h7-11,23-25H,3-6,12-17H2,1-2H3,(H,22,26). The summed E-state index contributed by atoms with van der Waals surface area (Å²) in [4.78, 5) is 12.8. The fraction of sp³-hybridized carbons (Fsp3) is 0.667. The Bertz CT molecular complexity index is 498. The second-order valence-electron chi connectivity index (χ2n) is 7.33. The molecule has 5 nitrogen and oxygen atoms in total. The van der Waals surface area contributed by atoms with Crippen molar-refractivity contribution in [2.24, 2.45) is 0 Å². The molecule has 0 radical (unpaired) electrons. The lowest BCUT2D eigenvalue weighted by atomic mass is 9.70. The minimum atomic E-state index is -1.38. The molecule has 0 saturated heterocycles. The van der Waals surface area contributed by atoms with E-state index in [1.54, 1.807) is 0 Å². The molecule has 0 bridgehead atoms. The zero-order chi connectivity index (χ0) is 19.5. The van der Waals surface area contributed by atoms with Gasteiger partial charge < -0.3 is 20.6 Å². The number of hydrogen-bond donors (Lipinski definition) is 4. The lowest BCUT2D eigenvalue weighted by molar-refractivity contribution is -0.127. The van der Waals surface area contributed by atoms with Gasteiger partial charge >= 0.3 is 0 Å². The molecule has 1 aromatic carbocycles. The van der Waals surface area contributed by atoms with Crippen LogP contribution in [0.2, 0.25) is 0 Å². The van der Waals surface area contributed by atoms with Gasteiger partial charge in [0.25, 0.3) is 0 Å². The van der Waals surface area contributed by atoms with Crippen molar-refractivity contribution in [3.05, 3.63) is 35.9 Å². The van der Waals surface area contributed by atoms with Crippen molar-refractivity contribution in [3.63, 3.8) is 0 Å². The fourth-order valence-corrected chi connectivity index (χ4v) is 3.43. The van der Waals surface area contributed by atoms with Crippen LogP contribution in [0, 0.1) is 0 Å². The Morgan fingerprint density at radius 2 is 1.42 bits per heavy atom. The van der Waals surface area contributed by atoms with Crippen LogP contribution in [0.5, 0.6) is 0 Å². The number of aliphatic hydroxyl groups is 3. The number of aliphatic hydroxyl groups excluding tert-OH is 3. The monoisotopic (exact) mass is 365 g/mol. The third-order valence-corrected chi connectivity index (χ3v) is 5.22. The normalized spacial score (nSPS) is 12.2. The molecule has 0 aliphatic heterocycles. The number of benzene rings is 1. The summed E-state index contributed by atoms with van der Waals surface area (Å²) in [5, 5.41) is 31.1. The highest BCUT2D eigenvalue weighted by molar-refractivity contribution is 5.78. The number of nitrogens with one attached hydrogen (secondary N) is 1. The van der Waals surface area contributed by atoms with Crippen molar-refractivity contribution in [2.75, 3.05) is 19.8 Å². The molecular weight excluding hydrogens is 330 g/mol. The van der Waals surface area contributed by atoms with E-state index in [4.69, 9.17) is 0 Å². The smallest absolute Gasteiger partial charge is 0.221 e. The zero-order valence-corrected chi connectivity index (χ0v) is 16.2. The number of carbonyl (C=O) groups is 1. The average Bonchev–Trinajstić information content (AvgIpc) is 2.69. The van der Waals surface area contributed by atoms with Gasteiger partial charge in [-0.15, -0.1) is 0 Å². The maximum absolute atomic E-state index is 12.8. The van der Waals surface area contributed by atoms with Gasteiger partial charge in [-0.1, -0.05) is 69.9 Å². The van der Waals surface area contributed by atoms with Crippen LogP contribution in [0.25, 0.3) is 0 Å². The molecule has 1 rings (SSSR count). The van der Waals surface area contributed by atoms with Gasteiger partial charge in [-0.3, -0.25) is 4.79 Å². The first-order valence-corrected chi connectivity index (χ1v) is 9.70. The van der Waals surface area contributed by atoms with Gasteiger partial charge in [0.1, 0.15) is 5.54 Å². The van der Waals surface area contributed by atoms with Gasteiger partial charge in [-0.05, 0) is 18.4 Å². The highest BCUT2D eigenvalue weighted by Crippen LogP contribution is 2.38. The van der Waals surface area contributed by atoms with Gasteiger partial charge in [0.05, 0.1) is 19.8 Å². The molecule has 0 saturated carbocycles. The van der Waals surface area contributed by atoms with Gasteiger partial charge in [-0.2, -0.15) is 0 Å². The Morgan fingerprint density at radius 3 is 1.85 bits per heavy atom. The lowest BCUT2D eigenvalue weighted by Gasteiger charge is -2.36. The number of carbonyl (C=O) groups excluding carboxylic acids is 1. The van der Waals surface area contributed by atoms with E-state index in [-0.39, 0.29) is 17.7 Å². The van der Waals surface area contributed by atoms with E-state index in [1.165, 1.54) is 0 Å². The highest BCUT2D eigenvalue weighted by Gasteiger charge is 2.36. The third-order valence-electron chi connectivity index (χ3n) is 5.22. The molecular formula is C21H35NO4. The van der Waals surface area contributed by atoms with Crippen LogP contribution >= 0.6 is 0 Å². The predicted octanol–water partition coefficient (Wildman–Crippen LogP) is 2.53. The van der Waals surface area contributed by atoms with Crippen molar-refractivity contribution in [1.29, 1.82) is 0 Å². The first-order chi connectivity index (χ1) is 12.5. The van der Waals surface area contributed by atoms with E-state index in [1.807, 2.05) is 18.2 Å². The first kappa shape index (κ1) is 22.6. The van der Waals surface area contributed by atoms with Crippen molar-refractivity contribution < 1.29 is 20.1 Å². The second-order valence-corrected chi connectivity index (χ2v) is 7.33.